The maximum absolute atomic E-state index is 5.43. The Morgan fingerprint density at radius 2 is 2.08 bits per heavy atom. The van der Waals surface area contributed by atoms with Crippen molar-refractivity contribution in [3.8, 4) is 5.75 Å². The fraction of sp³-hybridized carbons (Fsp3) is 0.571. The number of hydrogen-bond donors (Lipinski definition) is 1. The van der Waals surface area contributed by atoms with Crippen LogP contribution in [-0.2, 0) is 0 Å². The molecule has 0 amide bonds. The van der Waals surface area contributed by atoms with Gasteiger partial charge in [-0.3, -0.25) is 9.88 Å². The van der Waals surface area contributed by atoms with E-state index in [0.717, 1.165) is 42.0 Å². The number of nitrogens with zero attached hydrogens (tertiary/aromatic N) is 2. The Morgan fingerprint density at radius 3 is 2.80 bits per heavy atom. The van der Waals surface area contributed by atoms with Crippen molar-refractivity contribution in [2.24, 2.45) is 0 Å². The molecule has 0 aliphatic heterocycles. The lowest BCUT2D eigenvalue weighted by Crippen LogP contribution is -2.36. The number of aromatic nitrogens is 1. The second kappa shape index (κ2) is 10.2. The van der Waals surface area contributed by atoms with Gasteiger partial charge in [0.05, 0.1) is 18.3 Å². The number of ether oxygens (including phenoxy) is 1. The first-order chi connectivity index (χ1) is 12.2. The molecule has 25 heavy (non-hydrogen) atoms. The number of nitrogens with one attached hydrogen (secondary N) is 1. The van der Waals surface area contributed by atoms with Gasteiger partial charge in [0.25, 0.3) is 0 Å². The summed E-state index contributed by atoms with van der Waals surface area (Å²) in [7, 11) is 1.71. The number of fused-ring (bicyclic) bond motifs is 1. The Kier molecular flexibility index (Phi) is 7.99. The summed E-state index contributed by atoms with van der Waals surface area (Å²) in [4.78, 5) is 7.08. The number of unbranched alkanes of at least 4 members (excludes halogenated alkanes) is 2. The van der Waals surface area contributed by atoms with E-state index in [2.05, 4.69) is 42.0 Å². The first-order valence-electron chi connectivity index (χ1n) is 9.60. The van der Waals surface area contributed by atoms with Gasteiger partial charge >= 0.3 is 0 Å². The summed E-state index contributed by atoms with van der Waals surface area (Å²) in [5.74, 6) is 0.864. The van der Waals surface area contributed by atoms with Gasteiger partial charge in [-0.15, -0.1) is 0 Å². The number of likely N-dealkylation sites (N-methyl/N-ethyl adjacent to an activating group) is 1. The summed E-state index contributed by atoms with van der Waals surface area (Å²) in [6, 6.07) is 8.74. The highest BCUT2D eigenvalue weighted by molar-refractivity contribution is 5.91. The molecule has 4 nitrogen and oxygen atoms in total. The van der Waals surface area contributed by atoms with Crippen LogP contribution in [0, 0.1) is 0 Å². The van der Waals surface area contributed by atoms with Gasteiger partial charge in [-0.05, 0) is 32.0 Å². The van der Waals surface area contributed by atoms with E-state index in [9.17, 15) is 0 Å². The third kappa shape index (κ3) is 5.60. The van der Waals surface area contributed by atoms with Crippen molar-refractivity contribution in [1.82, 2.24) is 9.88 Å². The topological polar surface area (TPSA) is 37.4 Å². The van der Waals surface area contributed by atoms with Crippen molar-refractivity contribution < 1.29 is 4.74 Å². The first-order valence-corrected chi connectivity index (χ1v) is 9.60. The van der Waals surface area contributed by atoms with E-state index in [-0.39, 0.29) is 0 Å². The van der Waals surface area contributed by atoms with Crippen LogP contribution >= 0.6 is 0 Å². The number of pyridine rings is 1. The summed E-state index contributed by atoms with van der Waals surface area (Å²) in [6.07, 6.45) is 7.07. The largest absolute Gasteiger partial charge is 0.497 e. The van der Waals surface area contributed by atoms with Gasteiger partial charge in [-0.25, -0.2) is 0 Å². The summed E-state index contributed by atoms with van der Waals surface area (Å²) in [5.41, 5.74) is 2.05. The summed E-state index contributed by atoms with van der Waals surface area (Å²) in [6.45, 7) is 9.89. The van der Waals surface area contributed by atoms with Crippen LogP contribution in [0.25, 0.3) is 10.9 Å². The number of hydrogen-bond acceptors (Lipinski definition) is 4. The molecule has 0 spiro atoms. The number of rotatable bonds is 11. The van der Waals surface area contributed by atoms with Gasteiger partial charge in [0.15, 0.2) is 0 Å². The third-order valence-corrected chi connectivity index (χ3v) is 4.88. The zero-order valence-electron chi connectivity index (χ0n) is 16.2. The molecule has 0 bridgehead atoms. The lowest BCUT2D eigenvalue weighted by Gasteiger charge is -2.28. The summed E-state index contributed by atoms with van der Waals surface area (Å²) < 4.78 is 5.43. The van der Waals surface area contributed by atoms with Crippen molar-refractivity contribution in [2.45, 2.75) is 52.5 Å². The van der Waals surface area contributed by atoms with Crippen molar-refractivity contribution in [1.29, 1.82) is 0 Å². The minimum Gasteiger partial charge on any atom is -0.497 e. The Morgan fingerprint density at radius 1 is 1.24 bits per heavy atom. The van der Waals surface area contributed by atoms with Gasteiger partial charge in [0.1, 0.15) is 5.75 Å². The molecule has 1 N–H and O–H groups in total. The van der Waals surface area contributed by atoms with Gasteiger partial charge < -0.3 is 10.1 Å². The van der Waals surface area contributed by atoms with Crippen molar-refractivity contribution in [2.75, 3.05) is 32.1 Å². The van der Waals surface area contributed by atoms with Gasteiger partial charge in [-0.2, -0.15) is 0 Å². The predicted octanol–water partition coefficient (Wildman–Crippen LogP) is 4.95. The molecular formula is C21H33N3O. The molecule has 0 aliphatic rings. The van der Waals surface area contributed by atoms with Crippen LogP contribution in [0.2, 0.25) is 0 Å². The molecule has 0 radical (unpaired) electrons. The molecule has 0 fully saturated rings. The van der Waals surface area contributed by atoms with Crippen LogP contribution in [0.4, 0.5) is 5.69 Å². The van der Waals surface area contributed by atoms with E-state index in [4.69, 9.17) is 4.74 Å². The summed E-state index contributed by atoms with van der Waals surface area (Å²) in [5, 5.41) is 4.67. The Labute approximate surface area is 152 Å². The first kappa shape index (κ1) is 19.5. The quantitative estimate of drug-likeness (QED) is 0.586. The highest BCUT2D eigenvalue weighted by Crippen LogP contribution is 2.27. The van der Waals surface area contributed by atoms with E-state index >= 15 is 0 Å². The Hall–Kier alpha value is -1.81. The smallest absolute Gasteiger partial charge is 0.121 e. The molecular weight excluding hydrogens is 310 g/mol. The molecule has 4 heteroatoms. The van der Waals surface area contributed by atoms with Crippen LogP contribution in [-0.4, -0.2) is 42.7 Å². The lowest BCUT2D eigenvalue weighted by atomic mass is 10.1. The van der Waals surface area contributed by atoms with Crippen molar-refractivity contribution >= 4 is 16.6 Å². The average molecular weight is 344 g/mol. The second-order valence-electron chi connectivity index (χ2n) is 6.65. The van der Waals surface area contributed by atoms with Crippen LogP contribution in [0.3, 0.4) is 0 Å². The van der Waals surface area contributed by atoms with Crippen molar-refractivity contribution in [3.63, 3.8) is 0 Å². The van der Waals surface area contributed by atoms with Crippen LogP contribution < -0.4 is 10.1 Å². The van der Waals surface area contributed by atoms with Crippen molar-refractivity contribution in [3.05, 3.63) is 30.5 Å². The van der Waals surface area contributed by atoms with Gasteiger partial charge in [0, 0.05) is 36.8 Å². The van der Waals surface area contributed by atoms with E-state index in [1.165, 1.54) is 25.7 Å². The number of benzene rings is 1. The maximum atomic E-state index is 5.43. The molecule has 0 aliphatic carbocycles. The Balaban J connectivity index is 1.97. The molecule has 2 rings (SSSR count). The normalized spacial score (nSPS) is 12.5. The molecule has 0 saturated heterocycles. The van der Waals surface area contributed by atoms with Crippen LogP contribution in [0.15, 0.2) is 30.5 Å². The molecule has 1 atom stereocenters. The number of methoxy groups -OCH3 is 1. The van der Waals surface area contributed by atoms with E-state index in [1.54, 1.807) is 7.11 Å². The second-order valence-corrected chi connectivity index (χ2v) is 6.65. The lowest BCUT2D eigenvalue weighted by molar-refractivity contribution is 0.214. The SMILES string of the molecule is CCCCCC(C)N(CC)CCNc1cc(OC)cc2cccnc12. The maximum Gasteiger partial charge on any atom is 0.121 e. The average Bonchev–Trinajstić information content (AvgIpc) is 2.64. The third-order valence-electron chi connectivity index (χ3n) is 4.88. The minimum atomic E-state index is 0.638. The molecule has 138 valence electrons. The van der Waals surface area contributed by atoms with E-state index in [0.29, 0.717) is 6.04 Å². The molecule has 1 aromatic carbocycles. The van der Waals surface area contributed by atoms with Crippen LogP contribution in [0.5, 0.6) is 5.75 Å². The van der Waals surface area contributed by atoms with Gasteiger partial charge in [-0.1, -0.05) is 39.2 Å². The highest BCUT2D eigenvalue weighted by atomic mass is 16.5. The summed E-state index contributed by atoms with van der Waals surface area (Å²) >= 11 is 0. The standard InChI is InChI=1S/C21H33N3O/c1-5-7-8-10-17(3)24(6-2)14-13-22-20-16-19(25-4)15-18-11-9-12-23-21(18)20/h9,11-12,15-17,22H,5-8,10,13-14H2,1-4H3. The van der Waals surface area contributed by atoms with E-state index < -0.39 is 0 Å². The molecule has 1 unspecified atom stereocenters. The predicted molar refractivity (Wildman–Crippen MR) is 108 cm³/mol. The molecule has 2 aromatic rings. The fourth-order valence-electron chi connectivity index (χ4n) is 3.31. The zero-order chi connectivity index (χ0) is 18.1. The molecule has 1 aromatic heterocycles. The zero-order valence-corrected chi connectivity index (χ0v) is 16.2. The molecule has 1 heterocycles. The Bertz CT molecular complexity index is 644. The molecule has 0 saturated carbocycles. The van der Waals surface area contributed by atoms with E-state index in [1.807, 2.05) is 24.4 Å². The highest BCUT2D eigenvalue weighted by Gasteiger charge is 2.12. The number of anilines is 1. The van der Waals surface area contributed by atoms with Crippen LogP contribution in [0.1, 0.15) is 46.5 Å². The van der Waals surface area contributed by atoms with Gasteiger partial charge in [0.2, 0.25) is 0 Å². The monoisotopic (exact) mass is 343 g/mol. The fourth-order valence-corrected chi connectivity index (χ4v) is 3.31. The minimum absolute atomic E-state index is 0.638.